The summed E-state index contributed by atoms with van der Waals surface area (Å²) in [5.74, 6) is -0.693. The Labute approximate surface area is 192 Å². The van der Waals surface area contributed by atoms with Gasteiger partial charge >= 0.3 is 5.97 Å². The largest absolute Gasteiger partial charge is 0.491 e. The third kappa shape index (κ3) is 7.07. The van der Waals surface area contributed by atoms with Gasteiger partial charge in [0.2, 0.25) is 0 Å². The van der Waals surface area contributed by atoms with Crippen LogP contribution in [0.1, 0.15) is 35.3 Å². The lowest BCUT2D eigenvalue weighted by atomic mass is 10.1. The quantitative estimate of drug-likeness (QED) is 0.474. The summed E-state index contributed by atoms with van der Waals surface area (Å²) in [6.45, 7) is 3.61. The monoisotopic (exact) mass is 451 g/mol. The minimum Gasteiger partial charge on any atom is -0.491 e. The zero-order valence-electron chi connectivity index (χ0n) is 18.5. The number of rotatable bonds is 10. The van der Waals surface area contributed by atoms with E-state index in [1.54, 1.807) is 66.7 Å². The lowest BCUT2D eigenvalue weighted by Gasteiger charge is -2.21. The van der Waals surface area contributed by atoms with E-state index in [1.165, 1.54) is 11.0 Å². The zero-order valence-corrected chi connectivity index (χ0v) is 18.5. The van der Waals surface area contributed by atoms with Gasteiger partial charge in [0.05, 0.1) is 6.10 Å². The molecule has 172 valence electrons. The fourth-order valence-electron chi connectivity index (χ4n) is 3.18. The SMILES string of the molecule is CC(C)Oc1ccc(CN(CC(=O)O)C(=O)c2ccc(OCc3ccccc3F)cc2)cc1. The number of carboxylic acids is 1. The summed E-state index contributed by atoms with van der Waals surface area (Å²) in [6, 6.07) is 19.9. The van der Waals surface area contributed by atoms with Gasteiger partial charge in [0.15, 0.2) is 0 Å². The number of nitrogens with zero attached hydrogens (tertiary/aromatic N) is 1. The van der Waals surface area contributed by atoms with E-state index in [1.807, 2.05) is 13.8 Å². The molecule has 1 N–H and O–H groups in total. The van der Waals surface area contributed by atoms with E-state index in [4.69, 9.17) is 9.47 Å². The van der Waals surface area contributed by atoms with Crippen molar-refractivity contribution < 1.29 is 28.6 Å². The number of carboxylic acid groups (broad SMARTS) is 1. The van der Waals surface area contributed by atoms with E-state index in [0.717, 1.165) is 5.56 Å². The van der Waals surface area contributed by atoms with Crippen LogP contribution in [0.3, 0.4) is 0 Å². The van der Waals surface area contributed by atoms with Crippen LogP contribution in [-0.2, 0) is 17.9 Å². The Morgan fingerprint density at radius 1 is 0.939 bits per heavy atom. The number of benzene rings is 3. The van der Waals surface area contributed by atoms with Crippen LogP contribution >= 0.6 is 0 Å². The summed E-state index contributed by atoms with van der Waals surface area (Å²) < 4.78 is 24.9. The molecular formula is C26H26FNO5. The average Bonchev–Trinajstić information content (AvgIpc) is 2.78. The molecule has 7 heteroatoms. The van der Waals surface area contributed by atoms with Gasteiger partial charge in [0.1, 0.15) is 30.5 Å². The van der Waals surface area contributed by atoms with Crippen molar-refractivity contribution in [3.63, 3.8) is 0 Å². The van der Waals surface area contributed by atoms with Crippen LogP contribution in [0.5, 0.6) is 11.5 Å². The van der Waals surface area contributed by atoms with E-state index in [-0.39, 0.29) is 25.1 Å². The molecule has 0 atom stereocenters. The van der Waals surface area contributed by atoms with Gasteiger partial charge in [-0.1, -0.05) is 30.3 Å². The van der Waals surface area contributed by atoms with Crippen molar-refractivity contribution in [3.05, 3.63) is 95.3 Å². The van der Waals surface area contributed by atoms with Gasteiger partial charge in [0.25, 0.3) is 5.91 Å². The molecule has 0 aliphatic rings. The summed E-state index contributed by atoms with van der Waals surface area (Å²) in [5.41, 5.74) is 1.54. The predicted molar refractivity (Wildman–Crippen MR) is 122 cm³/mol. The van der Waals surface area contributed by atoms with Gasteiger partial charge in [-0.3, -0.25) is 9.59 Å². The van der Waals surface area contributed by atoms with Gasteiger partial charge in [-0.05, 0) is 61.9 Å². The first-order chi connectivity index (χ1) is 15.8. The number of ether oxygens (including phenoxy) is 2. The molecule has 1 amide bonds. The fourth-order valence-corrected chi connectivity index (χ4v) is 3.18. The molecule has 0 saturated carbocycles. The van der Waals surface area contributed by atoms with Crippen molar-refractivity contribution >= 4 is 11.9 Å². The summed E-state index contributed by atoms with van der Waals surface area (Å²) in [6.07, 6.45) is 0.0413. The normalized spacial score (nSPS) is 10.7. The maximum Gasteiger partial charge on any atom is 0.323 e. The summed E-state index contributed by atoms with van der Waals surface area (Å²) in [7, 11) is 0. The van der Waals surface area contributed by atoms with Crippen LogP contribution < -0.4 is 9.47 Å². The Bertz CT molecular complexity index is 1080. The maximum atomic E-state index is 13.7. The Balaban J connectivity index is 1.67. The van der Waals surface area contributed by atoms with Gasteiger partial charge in [-0.2, -0.15) is 0 Å². The fraction of sp³-hybridized carbons (Fsp3) is 0.231. The van der Waals surface area contributed by atoms with Crippen LogP contribution in [0.2, 0.25) is 0 Å². The Morgan fingerprint density at radius 3 is 2.18 bits per heavy atom. The molecule has 3 aromatic rings. The van der Waals surface area contributed by atoms with Crippen LogP contribution in [0.25, 0.3) is 0 Å². The Hall–Kier alpha value is -3.87. The summed E-state index contributed by atoms with van der Waals surface area (Å²) in [4.78, 5) is 25.6. The van der Waals surface area contributed by atoms with E-state index in [9.17, 15) is 19.1 Å². The molecule has 0 heterocycles. The van der Waals surface area contributed by atoms with Gasteiger partial charge in [0, 0.05) is 17.7 Å². The molecule has 3 rings (SSSR count). The lowest BCUT2D eigenvalue weighted by Crippen LogP contribution is -2.35. The molecular weight excluding hydrogens is 425 g/mol. The molecule has 0 radical (unpaired) electrons. The molecule has 0 saturated heterocycles. The number of hydrogen-bond donors (Lipinski definition) is 1. The summed E-state index contributed by atoms with van der Waals surface area (Å²) in [5, 5.41) is 9.28. The van der Waals surface area contributed by atoms with Crippen molar-refractivity contribution in [3.8, 4) is 11.5 Å². The first kappa shape index (κ1) is 23.8. The lowest BCUT2D eigenvalue weighted by molar-refractivity contribution is -0.137. The minimum atomic E-state index is -1.10. The first-order valence-corrected chi connectivity index (χ1v) is 10.5. The highest BCUT2D eigenvalue weighted by atomic mass is 19.1. The maximum absolute atomic E-state index is 13.7. The second-order valence-electron chi connectivity index (χ2n) is 7.77. The Kier molecular flexibility index (Phi) is 8.02. The average molecular weight is 451 g/mol. The number of carbonyl (C=O) groups excluding carboxylic acids is 1. The third-order valence-corrected chi connectivity index (χ3v) is 4.74. The van der Waals surface area contributed by atoms with Gasteiger partial charge in [-0.15, -0.1) is 0 Å². The second-order valence-corrected chi connectivity index (χ2v) is 7.77. The second kappa shape index (κ2) is 11.1. The molecule has 0 unspecified atom stereocenters. The predicted octanol–water partition coefficient (Wildman–Crippen LogP) is 4.92. The van der Waals surface area contributed by atoms with Crippen molar-refractivity contribution in [2.45, 2.75) is 33.1 Å². The number of amides is 1. The Morgan fingerprint density at radius 2 is 1.58 bits per heavy atom. The molecule has 3 aromatic carbocycles. The molecule has 0 spiro atoms. The van der Waals surface area contributed by atoms with Gasteiger partial charge in [-0.25, -0.2) is 4.39 Å². The standard InChI is InChI=1S/C26H26FNO5/c1-18(2)33-23-11-7-19(8-12-23)15-28(16-25(29)30)26(31)20-9-13-22(14-10-20)32-17-21-5-3-4-6-24(21)27/h3-14,18H,15-17H2,1-2H3,(H,29,30). The number of hydrogen-bond acceptors (Lipinski definition) is 4. The zero-order chi connectivity index (χ0) is 23.8. The van der Waals surface area contributed by atoms with Crippen molar-refractivity contribution in [1.82, 2.24) is 4.90 Å². The van der Waals surface area contributed by atoms with Crippen LogP contribution in [0, 0.1) is 5.82 Å². The summed E-state index contributed by atoms with van der Waals surface area (Å²) >= 11 is 0. The van der Waals surface area contributed by atoms with Crippen LogP contribution in [0.4, 0.5) is 4.39 Å². The van der Waals surface area contributed by atoms with Crippen LogP contribution in [-0.4, -0.2) is 34.5 Å². The third-order valence-electron chi connectivity index (χ3n) is 4.74. The molecule has 33 heavy (non-hydrogen) atoms. The highest BCUT2D eigenvalue weighted by Gasteiger charge is 2.19. The number of halogens is 1. The van der Waals surface area contributed by atoms with Crippen molar-refractivity contribution in [2.75, 3.05) is 6.54 Å². The van der Waals surface area contributed by atoms with Crippen molar-refractivity contribution in [2.24, 2.45) is 0 Å². The minimum absolute atomic E-state index is 0.0413. The van der Waals surface area contributed by atoms with E-state index < -0.39 is 18.4 Å². The molecule has 0 bridgehead atoms. The van der Waals surface area contributed by atoms with Crippen LogP contribution in [0.15, 0.2) is 72.8 Å². The van der Waals surface area contributed by atoms with Crippen molar-refractivity contribution in [1.29, 1.82) is 0 Å². The van der Waals surface area contributed by atoms with E-state index >= 15 is 0 Å². The first-order valence-electron chi connectivity index (χ1n) is 10.5. The molecule has 0 aliphatic heterocycles. The smallest absolute Gasteiger partial charge is 0.323 e. The number of aliphatic carboxylic acids is 1. The topological polar surface area (TPSA) is 76.1 Å². The molecule has 0 fully saturated rings. The molecule has 6 nitrogen and oxygen atoms in total. The van der Waals surface area contributed by atoms with E-state index in [2.05, 4.69) is 0 Å². The van der Waals surface area contributed by atoms with E-state index in [0.29, 0.717) is 22.6 Å². The highest BCUT2D eigenvalue weighted by molar-refractivity contribution is 5.95. The molecule has 0 aliphatic carbocycles. The number of carbonyl (C=O) groups is 2. The highest BCUT2D eigenvalue weighted by Crippen LogP contribution is 2.19. The van der Waals surface area contributed by atoms with Gasteiger partial charge < -0.3 is 19.5 Å². The molecule has 0 aromatic heterocycles.